The summed E-state index contributed by atoms with van der Waals surface area (Å²) in [5.74, 6) is 0. The van der Waals surface area contributed by atoms with Gasteiger partial charge in [-0.25, -0.2) is 4.98 Å². The molecule has 0 spiro atoms. The molecule has 0 saturated carbocycles. The third-order valence-corrected chi connectivity index (χ3v) is 2.79. The molecule has 0 radical (unpaired) electrons. The molecule has 1 heterocycles. The van der Waals surface area contributed by atoms with Crippen LogP contribution in [0, 0.1) is 6.92 Å². The quantitative estimate of drug-likeness (QED) is 0.853. The molecule has 0 aliphatic heterocycles. The molecule has 0 bridgehead atoms. The van der Waals surface area contributed by atoms with Crippen LogP contribution in [0.25, 0.3) is 0 Å². The van der Waals surface area contributed by atoms with Gasteiger partial charge in [0.15, 0.2) is 0 Å². The second-order valence-corrected chi connectivity index (χ2v) is 4.28. The Morgan fingerprint density at radius 1 is 1.35 bits per heavy atom. The van der Waals surface area contributed by atoms with Crippen LogP contribution in [0.15, 0.2) is 36.8 Å². The lowest BCUT2D eigenvalue weighted by Gasteiger charge is -2.09. The van der Waals surface area contributed by atoms with E-state index in [0.29, 0.717) is 0 Å². The normalized spacial score (nSPS) is 10.7. The van der Waals surface area contributed by atoms with Crippen LogP contribution in [-0.4, -0.2) is 16.1 Å². The first-order valence-corrected chi connectivity index (χ1v) is 6.05. The summed E-state index contributed by atoms with van der Waals surface area (Å²) in [7, 11) is 0. The number of nitrogens with one attached hydrogen (secondary N) is 1. The zero-order chi connectivity index (χ0) is 12.1. The number of nitrogens with zero attached hydrogens (tertiary/aromatic N) is 2. The fourth-order valence-corrected chi connectivity index (χ4v) is 1.90. The lowest BCUT2D eigenvalue weighted by Crippen LogP contribution is -2.15. The number of rotatable bonds is 5. The number of benzene rings is 1. The Morgan fingerprint density at radius 2 is 2.24 bits per heavy atom. The van der Waals surface area contributed by atoms with E-state index in [1.54, 1.807) is 0 Å². The molecule has 2 aromatic rings. The van der Waals surface area contributed by atoms with Gasteiger partial charge in [-0.05, 0) is 19.0 Å². The summed E-state index contributed by atoms with van der Waals surface area (Å²) in [6.45, 7) is 6.98. The van der Waals surface area contributed by atoms with Crippen molar-refractivity contribution in [1.29, 1.82) is 0 Å². The Balaban J connectivity index is 2.10. The summed E-state index contributed by atoms with van der Waals surface area (Å²) in [6.07, 6.45) is 3.83. The van der Waals surface area contributed by atoms with Crippen LogP contribution in [0.5, 0.6) is 0 Å². The molecule has 0 aliphatic rings. The highest BCUT2D eigenvalue weighted by Gasteiger charge is 2.02. The third kappa shape index (κ3) is 3.17. The van der Waals surface area contributed by atoms with Gasteiger partial charge in [-0.1, -0.05) is 36.8 Å². The van der Waals surface area contributed by atoms with Gasteiger partial charge in [0.05, 0.1) is 12.0 Å². The lowest BCUT2D eigenvalue weighted by atomic mass is 10.1. The molecule has 0 fully saturated rings. The number of hydrogen-bond acceptors (Lipinski definition) is 2. The average Bonchev–Trinajstić information content (AvgIpc) is 2.74. The highest BCUT2D eigenvalue weighted by atomic mass is 15.1. The van der Waals surface area contributed by atoms with Crippen LogP contribution >= 0.6 is 0 Å². The Hall–Kier alpha value is -1.61. The van der Waals surface area contributed by atoms with Crippen molar-refractivity contribution in [3.8, 4) is 0 Å². The van der Waals surface area contributed by atoms with Gasteiger partial charge in [0.1, 0.15) is 0 Å². The molecule has 90 valence electrons. The third-order valence-electron chi connectivity index (χ3n) is 2.79. The van der Waals surface area contributed by atoms with E-state index in [2.05, 4.69) is 53.0 Å². The van der Waals surface area contributed by atoms with E-state index < -0.39 is 0 Å². The maximum Gasteiger partial charge on any atom is 0.0951 e. The molecule has 0 amide bonds. The van der Waals surface area contributed by atoms with Crippen LogP contribution in [0.2, 0.25) is 0 Å². The number of imidazole rings is 1. The minimum absolute atomic E-state index is 0.877. The fraction of sp³-hybridized carbons (Fsp3) is 0.357. The van der Waals surface area contributed by atoms with Crippen LogP contribution < -0.4 is 5.32 Å². The van der Waals surface area contributed by atoms with Gasteiger partial charge in [-0.15, -0.1) is 0 Å². The summed E-state index contributed by atoms with van der Waals surface area (Å²) >= 11 is 0. The molecule has 1 N–H and O–H groups in total. The van der Waals surface area contributed by atoms with Crippen molar-refractivity contribution in [2.24, 2.45) is 0 Å². The van der Waals surface area contributed by atoms with Crippen molar-refractivity contribution in [3.05, 3.63) is 53.6 Å². The van der Waals surface area contributed by atoms with E-state index in [0.717, 1.165) is 19.6 Å². The van der Waals surface area contributed by atoms with E-state index in [1.165, 1.54) is 16.8 Å². The topological polar surface area (TPSA) is 29.9 Å². The minimum Gasteiger partial charge on any atom is -0.329 e. The van der Waals surface area contributed by atoms with Crippen molar-refractivity contribution < 1.29 is 0 Å². The molecule has 0 atom stereocenters. The van der Waals surface area contributed by atoms with Gasteiger partial charge in [0.25, 0.3) is 0 Å². The Labute approximate surface area is 103 Å². The monoisotopic (exact) mass is 229 g/mol. The van der Waals surface area contributed by atoms with Crippen molar-refractivity contribution in [2.45, 2.75) is 26.9 Å². The molecule has 1 aromatic carbocycles. The Kier molecular flexibility index (Phi) is 3.94. The van der Waals surface area contributed by atoms with E-state index in [9.17, 15) is 0 Å². The first kappa shape index (κ1) is 11.9. The lowest BCUT2D eigenvalue weighted by molar-refractivity contribution is 0.657. The van der Waals surface area contributed by atoms with Gasteiger partial charge in [-0.3, -0.25) is 0 Å². The summed E-state index contributed by atoms with van der Waals surface area (Å²) in [5.41, 5.74) is 3.85. The summed E-state index contributed by atoms with van der Waals surface area (Å²) < 4.78 is 2.19. The van der Waals surface area contributed by atoms with E-state index in [1.807, 2.05) is 12.5 Å². The molecule has 0 unspecified atom stereocenters. The van der Waals surface area contributed by atoms with Crippen LogP contribution in [0.3, 0.4) is 0 Å². The molecule has 1 aromatic heterocycles. The highest BCUT2D eigenvalue weighted by molar-refractivity contribution is 5.22. The number of aromatic nitrogens is 2. The number of hydrogen-bond donors (Lipinski definition) is 1. The summed E-state index contributed by atoms with van der Waals surface area (Å²) in [5, 5.41) is 3.33. The predicted molar refractivity (Wildman–Crippen MR) is 69.9 cm³/mol. The summed E-state index contributed by atoms with van der Waals surface area (Å²) in [6, 6.07) is 8.60. The number of aryl methyl sites for hydroxylation is 1. The molecule has 0 saturated heterocycles. The van der Waals surface area contributed by atoms with Crippen LogP contribution in [-0.2, 0) is 13.1 Å². The molecule has 3 heteroatoms. The molecule has 3 nitrogen and oxygen atoms in total. The van der Waals surface area contributed by atoms with E-state index in [4.69, 9.17) is 0 Å². The average molecular weight is 229 g/mol. The maximum atomic E-state index is 4.22. The van der Waals surface area contributed by atoms with Crippen molar-refractivity contribution >= 4 is 0 Å². The van der Waals surface area contributed by atoms with Gasteiger partial charge < -0.3 is 9.88 Å². The predicted octanol–water partition coefficient (Wildman–Crippen LogP) is 2.35. The van der Waals surface area contributed by atoms with E-state index >= 15 is 0 Å². The standard InChI is InChI=1S/C14H19N3/c1-3-15-8-14-9-16-11-17(14)10-13-6-4-5-12(2)7-13/h4-7,9,11,15H,3,8,10H2,1-2H3. The van der Waals surface area contributed by atoms with E-state index in [-0.39, 0.29) is 0 Å². The fourth-order valence-electron chi connectivity index (χ4n) is 1.90. The molecule has 0 aliphatic carbocycles. The van der Waals surface area contributed by atoms with Crippen molar-refractivity contribution in [3.63, 3.8) is 0 Å². The van der Waals surface area contributed by atoms with Gasteiger partial charge in [0, 0.05) is 19.3 Å². The largest absolute Gasteiger partial charge is 0.329 e. The zero-order valence-corrected chi connectivity index (χ0v) is 10.5. The smallest absolute Gasteiger partial charge is 0.0951 e. The SMILES string of the molecule is CCNCc1cncn1Cc1cccc(C)c1. The van der Waals surface area contributed by atoms with Crippen LogP contribution in [0.4, 0.5) is 0 Å². The molecule has 2 rings (SSSR count). The molecular weight excluding hydrogens is 210 g/mol. The molecular formula is C14H19N3. The summed E-state index contributed by atoms with van der Waals surface area (Å²) in [4.78, 5) is 4.22. The highest BCUT2D eigenvalue weighted by Crippen LogP contribution is 2.08. The molecule has 17 heavy (non-hydrogen) atoms. The minimum atomic E-state index is 0.877. The first-order valence-electron chi connectivity index (χ1n) is 6.05. The van der Waals surface area contributed by atoms with Crippen molar-refractivity contribution in [1.82, 2.24) is 14.9 Å². The maximum absolute atomic E-state index is 4.22. The second-order valence-electron chi connectivity index (χ2n) is 4.28. The van der Waals surface area contributed by atoms with Crippen molar-refractivity contribution in [2.75, 3.05) is 6.54 Å². The van der Waals surface area contributed by atoms with Crippen LogP contribution in [0.1, 0.15) is 23.7 Å². The Morgan fingerprint density at radius 3 is 3.00 bits per heavy atom. The zero-order valence-electron chi connectivity index (χ0n) is 10.5. The second kappa shape index (κ2) is 5.64. The Bertz CT molecular complexity index is 474. The van der Waals surface area contributed by atoms with Gasteiger partial charge in [0.2, 0.25) is 0 Å². The van der Waals surface area contributed by atoms with Gasteiger partial charge in [-0.2, -0.15) is 0 Å². The van der Waals surface area contributed by atoms with Gasteiger partial charge >= 0.3 is 0 Å². The first-order chi connectivity index (χ1) is 8.29.